The van der Waals surface area contributed by atoms with Crippen molar-refractivity contribution in [1.82, 2.24) is 0 Å². The first-order chi connectivity index (χ1) is 7.82. The van der Waals surface area contributed by atoms with E-state index in [0.29, 0.717) is 5.69 Å². The molecule has 1 rings (SSSR count). The number of anilines is 1. The van der Waals surface area contributed by atoms with Gasteiger partial charge in [-0.15, -0.1) is 0 Å². The quantitative estimate of drug-likeness (QED) is 0.901. The summed E-state index contributed by atoms with van der Waals surface area (Å²) >= 11 is 0. The molecule has 0 aliphatic heterocycles. The van der Waals surface area contributed by atoms with Crippen LogP contribution in [0.5, 0.6) is 5.75 Å². The van der Waals surface area contributed by atoms with E-state index in [9.17, 15) is 8.42 Å². The van der Waals surface area contributed by atoms with Crippen molar-refractivity contribution in [2.75, 3.05) is 17.6 Å². The molecule has 0 amide bonds. The minimum Gasteiger partial charge on any atom is -0.496 e. The first kappa shape index (κ1) is 13.8. The molecule has 0 aliphatic rings. The molecule has 0 bridgehead atoms. The van der Waals surface area contributed by atoms with Gasteiger partial charge in [0, 0.05) is 0 Å². The summed E-state index contributed by atoms with van der Waals surface area (Å²) in [6.07, 6.45) is 0. The Kier molecular flexibility index (Phi) is 4.03. The number of hydrogen-bond acceptors (Lipinski definition) is 3. The molecule has 0 atom stereocenters. The van der Waals surface area contributed by atoms with Crippen LogP contribution in [0.25, 0.3) is 0 Å². The van der Waals surface area contributed by atoms with E-state index in [-0.39, 0.29) is 5.75 Å². The lowest BCUT2D eigenvalue weighted by molar-refractivity contribution is 0.408. The standard InChI is InChI=1S/C12H19NO3S/c1-6-17(14,15)13-11-7-8(2)12(16-5)10(4)9(11)3/h7,13H,6H2,1-5H3. The van der Waals surface area contributed by atoms with Gasteiger partial charge in [0.05, 0.1) is 18.6 Å². The molecule has 1 aromatic rings. The summed E-state index contributed by atoms with van der Waals surface area (Å²) in [5.74, 6) is 0.873. The second-order valence-corrected chi connectivity index (χ2v) is 6.04. The molecule has 0 aliphatic carbocycles. The normalized spacial score (nSPS) is 11.4. The average Bonchev–Trinajstić information content (AvgIpc) is 2.26. The Hall–Kier alpha value is -1.23. The van der Waals surface area contributed by atoms with Crippen LogP contribution in [0.2, 0.25) is 0 Å². The Labute approximate surface area is 103 Å². The van der Waals surface area contributed by atoms with E-state index in [0.717, 1.165) is 22.4 Å². The second-order valence-electron chi connectivity index (χ2n) is 4.03. The van der Waals surface area contributed by atoms with Crippen LogP contribution in [0.1, 0.15) is 23.6 Å². The van der Waals surface area contributed by atoms with Gasteiger partial charge in [0.1, 0.15) is 5.75 Å². The van der Waals surface area contributed by atoms with E-state index >= 15 is 0 Å². The molecule has 1 aromatic carbocycles. The molecular weight excluding hydrogens is 238 g/mol. The summed E-state index contributed by atoms with van der Waals surface area (Å²) in [5.41, 5.74) is 3.40. The summed E-state index contributed by atoms with van der Waals surface area (Å²) in [4.78, 5) is 0. The molecule has 0 unspecified atom stereocenters. The highest BCUT2D eigenvalue weighted by atomic mass is 32.2. The van der Waals surface area contributed by atoms with Crippen LogP contribution in [-0.4, -0.2) is 21.3 Å². The van der Waals surface area contributed by atoms with Gasteiger partial charge in [-0.3, -0.25) is 4.72 Å². The van der Waals surface area contributed by atoms with Gasteiger partial charge in [0.15, 0.2) is 0 Å². The zero-order chi connectivity index (χ0) is 13.2. The zero-order valence-corrected chi connectivity index (χ0v) is 11.7. The highest BCUT2D eigenvalue weighted by molar-refractivity contribution is 7.92. The minimum atomic E-state index is -3.24. The molecule has 0 saturated carbocycles. The van der Waals surface area contributed by atoms with Crippen molar-refractivity contribution in [2.45, 2.75) is 27.7 Å². The van der Waals surface area contributed by atoms with Gasteiger partial charge in [-0.2, -0.15) is 0 Å². The van der Waals surface area contributed by atoms with Gasteiger partial charge in [0.25, 0.3) is 0 Å². The number of ether oxygens (including phenoxy) is 1. The lowest BCUT2D eigenvalue weighted by Gasteiger charge is -2.16. The Morgan fingerprint density at radius 3 is 2.29 bits per heavy atom. The molecular formula is C12H19NO3S. The molecule has 0 saturated heterocycles. The SMILES string of the molecule is CCS(=O)(=O)Nc1cc(C)c(OC)c(C)c1C. The second kappa shape index (κ2) is 4.96. The third-order valence-electron chi connectivity index (χ3n) is 2.88. The fourth-order valence-corrected chi connectivity index (χ4v) is 2.41. The maximum absolute atomic E-state index is 11.6. The van der Waals surface area contributed by atoms with E-state index in [1.807, 2.05) is 20.8 Å². The molecule has 0 spiro atoms. The number of methoxy groups -OCH3 is 1. The predicted molar refractivity (Wildman–Crippen MR) is 70.3 cm³/mol. The monoisotopic (exact) mass is 257 g/mol. The molecule has 0 fully saturated rings. The Balaban J connectivity index is 3.29. The predicted octanol–water partition coefficient (Wildman–Crippen LogP) is 2.38. The molecule has 4 nitrogen and oxygen atoms in total. The molecule has 0 heterocycles. The Morgan fingerprint density at radius 2 is 1.82 bits per heavy atom. The van der Waals surface area contributed by atoms with Gasteiger partial charge < -0.3 is 4.74 Å². The van der Waals surface area contributed by atoms with Gasteiger partial charge in [0.2, 0.25) is 10.0 Å². The molecule has 5 heteroatoms. The molecule has 1 N–H and O–H groups in total. The summed E-state index contributed by atoms with van der Waals surface area (Å²) in [6.45, 7) is 7.31. The number of hydrogen-bond donors (Lipinski definition) is 1. The highest BCUT2D eigenvalue weighted by Gasteiger charge is 2.14. The van der Waals surface area contributed by atoms with E-state index in [2.05, 4.69) is 4.72 Å². The fourth-order valence-electron chi connectivity index (χ4n) is 1.72. The van der Waals surface area contributed by atoms with Crippen LogP contribution >= 0.6 is 0 Å². The molecule has 96 valence electrons. The van der Waals surface area contributed by atoms with Gasteiger partial charge >= 0.3 is 0 Å². The third-order valence-corrected chi connectivity index (χ3v) is 4.17. The van der Waals surface area contributed by atoms with Crippen LogP contribution in [0.3, 0.4) is 0 Å². The van der Waals surface area contributed by atoms with Gasteiger partial charge in [-0.05, 0) is 50.5 Å². The third kappa shape index (κ3) is 2.91. The Bertz CT molecular complexity index is 521. The number of benzene rings is 1. The van der Waals surface area contributed by atoms with Gasteiger partial charge in [-0.25, -0.2) is 8.42 Å². The van der Waals surface area contributed by atoms with E-state index < -0.39 is 10.0 Å². The minimum absolute atomic E-state index is 0.0660. The zero-order valence-electron chi connectivity index (χ0n) is 10.9. The largest absolute Gasteiger partial charge is 0.496 e. The average molecular weight is 257 g/mol. The van der Waals surface area contributed by atoms with Crippen LogP contribution in [-0.2, 0) is 10.0 Å². The lowest BCUT2D eigenvalue weighted by atomic mass is 10.0. The smallest absolute Gasteiger partial charge is 0.232 e. The summed E-state index contributed by atoms with van der Waals surface area (Å²) < 4.78 is 31.0. The maximum Gasteiger partial charge on any atom is 0.232 e. The number of sulfonamides is 1. The van der Waals surface area contributed by atoms with Crippen molar-refractivity contribution in [2.24, 2.45) is 0 Å². The molecule has 0 radical (unpaired) electrons. The van der Waals surface area contributed by atoms with Crippen LogP contribution < -0.4 is 9.46 Å². The van der Waals surface area contributed by atoms with Crippen molar-refractivity contribution < 1.29 is 13.2 Å². The van der Waals surface area contributed by atoms with E-state index in [1.165, 1.54) is 0 Å². The summed E-state index contributed by atoms with van der Waals surface area (Å²) in [7, 11) is -1.62. The molecule has 0 aromatic heterocycles. The fraction of sp³-hybridized carbons (Fsp3) is 0.500. The first-order valence-corrected chi connectivity index (χ1v) is 7.13. The highest BCUT2D eigenvalue weighted by Crippen LogP contribution is 2.31. The van der Waals surface area contributed by atoms with Gasteiger partial charge in [-0.1, -0.05) is 0 Å². The van der Waals surface area contributed by atoms with Crippen LogP contribution in [0.15, 0.2) is 6.07 Å². The topological polar surface area (TPSA) is 55.4 Å². The van der Waals surface area contributed by atoms with Crippen molar-refractivity contribution in [3.8, 4) is 5.75 Å². The summed E-state index contributed by atoms with van der Waals surface area (Å²) in [5, 5.41) is 0. The lowest BCUT2D eigenvalue weighted by Crippen LogP contribution is -2.16. The van der Waals surface area contributed by atoms with E-state index in [4.69, 9.17) is 4.74 Å². The number of aryl methyl sites for hydroxylation is 1. The maximum atomic E-state index is 11.6. The van der Waals surface area contributed by atoms with Crippen molar-refractivity contribution in [3.05, 3.63) is 22.8 Å². The van der Waals surface area contributed by atoms with Crippen LogP contribution in [0, 0.1) is 20.8 Å². The summed E-state index contributed by atoms with van der Waals surface area (Å²) in [6, 6.07) is 1.80. The van der Waals surface area contributed by atoms with Crippen molar-refractivity contribution in [3.63, 3.8) is 0 Å². The van der Waals surface area contributed by atoms with Crippen LogP contribution in [0.4, 0.5) is 5.69 Å². The molecule has 17 heavy (non-hydrogen) atoms. The Morgan fingerprint density at radius 1 is 1.24 bits per heavy atom. The number of nitrogens with one attached hydrogen (secondary N) is 1. The van der Waals surface area contributed by atoms with Crippen molar-refractivity contribution >= 4 is 15.7 Å². The first-order valence-electron chi connectivity index (χ1n) is 5.47. The van der Waals surface area contributed by atoms with E-state index in [1.54, 1.807) is 20.1 Å². The number of rotatable bonds is 4. The van der Waals surface area contributed by atoms with Crippen molar-refractivity contribution in [1.29, 1.82) is 0 Å².